The Morgan fingerprint density at radius 2 is 1.86 bits per heavy atom. The van der Waals surface area contributed by atoms with Crippen molar-refractivity contribution in [3.05, 3.63) is 76.1 Å². The van der Waals surface area contributed by atoms with Gasteiger partial charge in [0.05, 0.1) is 11.4 Å². The van der Waals surface area contributed by atoms with Crippen molar-refractivity contribution < 1.29 is 4.79 Å². The van der Waals surface area contributed by atoms with Gasteiger partial charge >= 0.3 is 0 Å². The normalized spacial score (nSPS) is 13.1. The van der Waals surface area contributed by atoms with Crippen LogP contribution in [0.5, 0.6) is 0 Å². The van der Waals surface area contributed by atoms with Crippen molar-refractivity contribution in [2.24, 2.45) is 0 Å². The van der Waals surface area contributed by atoms with Crippen LogP contribution in [-0.2, 0) is 6.42 Å². The molecule has 3 heterocycles. The molecule has 2 N–H and O–H groups in total. The number of carbonyl (C=O) groups excluding carboxylic acids is 1. The highest BCUT2D eigenvalue weighted by Gasteiger charge is 2.28. The summed E-state index contributed by atoms with van der Waals surface area (Å²) in [7, 11) is 0. The Morgan fingerprint density at radius 1 is 1.07 bits per heavy atom. The number of anilines is 2. The molecule has 1 aliphatic rings. The fourth-order valence-electron chi connectivity index (χ4n) is 3.61. The topological polar surface area (TPSA) is 59.2 Å². The van der Waals surface area contributed by atoms with Crippen LogP contribution in [0, 0.1) is 0 Å². The summed E-state index contributed by atoms with van der Waals surface area (Å²) in [6.45, 7) is 0.676. The highest BCUT2D eigenvalue weighted by atomic mass is 35.5. The molecule has 2 aromatic heterocycles. The van der Waals surface area contributed by atoms with Gasteiger partial charge in [-0.3, -0.25) is 4.79 Å². The molecule has 0 aliphatic carbocycles. The molecule has 1 amide bonds. The quantitative estimate of drug-likeness (QED) is 0.485. The molecule has 138 valence electrons. The first-order valence-electron chi connectivity index (χ1n) is 8.96. The van der Waals surface area contributed by atoms with E-state index in [-0.39, 0.29) is 5.91 Å². The summed E-state index contributed by atoms with van der Waals surface area (Å²) in [4.78, 5) is 21.1. The second kappa shape index (κ2) is 6.62. The molecule has 0 fully saturated rings. The van der Waals surface area contributed by atoms with Crippen LogP contribution in [0.1, 0.15) is 15.2 Å². The van der Waals surface area contributed by atoms with Crippen molar-refractivity contribution in [3.63, 3.8) is 0 Å². The third kappa shape index (κ3) is 2.75. The number of halogens is 1. The Balaban J connectivity index is 1.55. The fraction of sp³-hybridized carbons (Fsp3) is 0.0909. The Morgan fingerprint density at radius 3 is 2.68 bits per heavy atom. The van der Waals surface area contributed by atoms with Crippen LogP contribution in [0.3, 0.4) is 0 Å². The molecule has 4 aromatic rings. The lowest BCUT2D eigenvalue weighted by Gasteiger charge is -2.16. The molecule has 0 atom stereocenters. The van der Waals surface area contributed by atoms with Crippen molar-refractivity contribution >= 4 is 50.4 Å². The number of hydrogen-bond donors (Lipinski definition) is 1. The minimum Gasteiger partial charge on any atom is -0.397 e. The van der Waals surface area contributed by atoms with Crippen LogP contribution in [0.15, 0.2) is 60.7 Å². The molecule has 0 saturated heterocycles. The SMILES string of the molecule is Nc1c(C(=O)N2CCc3ccccc32)sc2nc(-c3ccc(Cl)cc3)ccc12. The van der Waals surface area contributed by atoms with Crippen LogP contribution in [0.4, 0.5) is 11.4 Å². The van der Waals surface area contributed by atoms with Crippen molar-refractivity contribution in [3.8, 4) is 11.3 Å². The van der Waals surface area contributed by atoms with Crippen LogP contribution >= 0.6 is 22.9 Å². The van der Waals surface area contributed by atoms with E-state index in [0.29, 0.717) is 22.1 Å². The average Bonchev–Trinajstić information content (AvgIpc) is 3.29. The van der Waals surface area contributed by atoms with Crippen LogP contribution in [-0.4, -0.2) is 17.4 Å². The number of benzene rings is 2. The van der Waals surface area contributed by atoms with E-state index in [1.165, 1.54) is 16.9 Å². The van der Waals surface area contributed by atoms with Crippen molar-refractivity contribution in [2.75, 3.05) is 17.2 Å². The fourth-order valence-corrected chi connectivity index (χ4v) is 4.78. The van der Waals surface area contributed by atoms with Gasteiger partial charge in [-0.05, 0) is 42.3 Å². The van der Waals surface area contributed by atoms with Gasteiger partial charge < -0.3 is 10.6 Å². The second-order valence-electron chi connectivity index (χ2n) is 6.74. The van der Waals surface area contributed by atoms with Gasteiger partial charge in [-0.1, -0.05) is 41.9 Å². The lowest BCUT2D eigenvalue weighted by Crippen LogP contribution is -2.28. The molecule has 0 bridgehead atoms. The zero-order chi connectivity index (χ0) is 19.3. The monoisotopic (exact) mass is 405 g/mol. The summed E-state index contributed by atoms with van der Waals surface area (Å²) >= 11 is 7.33. The van der Waals surface area contributed by atoms with Gasteiger partial charge in [0.1, 0.15) is 9.71 Å². The van der Waals surface area contributed by atoms with Crippen LogP contribution in [0.2, 0.25) is 5.02 Å². The van der Waals surface area contributed by atoms with E-state index in [1.54, 1.807) is 0 Å². The maximum absolute atomic E-state index is 13.2. The number of para-hydroxylation sites is 1. The number of amides is 1. The zero-order valence-corrected chi connectivity index (χ0v) is 16.4. The van der Waals surface area contributed by atoms with Gasteiger partial charge in [0, 0.05) is 28.2 Å². The lowest BCUT2D eigenvalue weighted by molar-refractivity contribution is 0.0994. The second-order valence-corrected chi connectivity index (χ2v) is 8.17. The summed E-state index contributed by atoms with van der Waals surface area (Å²) in [6, 6.07) is 19.4. The summed E-state index contributed by atoms with van der Waals surface area (Å²) in [5.41, 5.74) is 10.8. The van der Waals surface area contributed by atoms with Gasteiger partial charge in [0.2, 0.25) is 0 Å². The molecule has 6 heteroatoms. The minimum absolute atomic E-state index is 0.0570. The summed E-state index contributed by atoms with van der Waals surface area (Å²) in [5.74, 6) is -0.0570. The molecule has 2 aromatic carbocycles. The number of nitrogens with two attached hydrogens (primary N) is 1. The zero-order valence-electron chi connectivity index (χ0n) is 14.9. The first-order chi connectivity index (χ1) is 13.6. The van der Waals surface area contributed by atoms with E-state index < -0.39 is 0 Å². The molecular weight excluding hydrogens is 390 g/mol. The smallest absolute Gasteiger partial charge is 0.270 e. The molecule has 0 saturated carbocycles. The molecular formula is C22H16ClN3OS. The molecule has 0 unspecified atom stereocenters. The average molecular weight is 406 g/mol. The molecule has 1 aliphatic heterocycles. The van der Waals surface area contributed by atoms with Gasteiger partial charge in [-0.15, -0.1) is 11.3 Å². The molecule has 0 radical (unpaired) electrons. The molecule has 28 heavy (non-hydrogen) atoms. The standard InChI is InChI=1S/C22H16ClN3OS/c23-15-7-5-13(6-8-15)17-10-9-16-19(24)20(28-21(16)25-17)22(27)26-12-11-14-3-1-2-4-18(14)26/h1-10H,11-12,24H2. The Labute approximate surface area is 171 Å². The number of carbonyl (C=O) groups is 1. The van der Waals surface area contributed by atoms with E-state index in [0.717, 1.165) is 33.6 Å². The largest absolute Gasteiger partial charge is 0.397 e. The van der Waals surface area contributed by atoms with E-state index >= 15 is 0 Å². The highest BCUT2D eigenvalue weighted by Crippen LogP contribution is 2.37. The lowest BCUT2D eigenvalue weighted by atomic mass is 10.1. The number of rotatable bonds is 2. The van der Waals surface area contributed by atoms with Crippen molar-refractivity contribution in [2.45, 2.75) is 6.42 Å². The summed E-state index contributed by atoms with van der Waals surface area (Å²) in [6.07, 6.45) is 0.867. The number of thiophene rings is 1. The predicted molar refractivity (Wildman–Crippen MR) is 116 cm³/mol. The highest BCUT2D eigenvalue weighted by molar-refractivity contribution is 7.21. The van der Waals surface area contributed by atoms with Gasteiger partial charge in [0.15, 0.2) is 0 Å². The van der Waals surface area contributed by atoms with Gasteiger partial charge in [-0.25, -0.2) is 4.98 Å². The first kappa shape index (κ1) is 17.2. The van der Waals surface area contributed by atoms with Crippen LogP contribution < -0.4 is 10.6 Å². The third-order valence-corrected chi connectivity index (χ3v) is 6.42. The van der Waals surface area contributed by atoms with Crippen molar-refractivity contribution in [1.82, 2.24) is 4.98 Å². The molecule has 4 nitrogen and oxygen atoms in total. The van der Waals surface area contributed by atoms with Gasteiger partial charge in [0.25, 0.3) is 5.91 Å². The number of pyridine rings is 1. The third-order valence-electron chi connectivity index (χ3n) is 5.06. The Kier molecular flexibility index (Phi) is 4.07. The number of nitrogens with zero attached hydrogens (tertiary/aromatic N) is 2. The Bertz CT molecular complexity index is 1220. The number of aromatic nitrogens is 1. The maximum atomic E-state index is 13.2. The van der Waals surface area contributed by atoms with E-state index in [1.807, 2.05) is 59.5 Å². The van der Waals surface area contributed by atoms with E-state index in [9.17, 15) is 4.79 Å². The molecule has 0 spiro atoms. The van der Waals surface area contributed by atoms with Crippen molar-refractivity contribution in [1.29, 1.82) is 0 Å². The van der Waals surface area contributed by atoms with Gasteiger partial charge in [-0.2, -0.15) is 0 Å². The van der Waals surface area contributed by atoms with E-state index in [2.05, 4.69) is 6.07 Å². The maximum Gasteiger partial charge on any atom is 0.270 e. The summed E-state index contributed by atoms with van der Waals surface area (Å²) in [5, 5.41) is 1.50. The number of nitrogen functional groups attached to an aromatic ring is 1. The van der Waals surface area contributed by atoms with E-state index in [4.69, 9.17) is 22.3 Å². The number of hydrogen-bond acceptors (Lipinski definition) is 4. The molecule has 5 rings (SSSR count). The minimum atomic E-state index is -0.0570. The Hall–Kier alpha value is -2.89. The summed E-state index contributed by atoms with van der Waals surface area (Å²) < 4.78 is 0. The first-order valence-corrected chi connectivity index (χ1v) is 10.2. The van der Waals surface area contributed by atoms with Crippen LogP contribution in [0.25, 0.3) is 21.5 Å². The predicted octanol–water partition coefficient (Wildman–Crippen LogP) is 5.40. The number of fused-ring (bicyclic) bond motifs is 2.